The fourth-order valence-corrected chi connectivity index (χ4v) is 6.46. The molecule has 0 aliphatic carbocycles. The molecule has 5 aromatic rings. The molecule has 0 bridgehead atoms. The van der Waals surface area contributed by atoms with Gasteiger partial charge in [-0.05, 0) is 96.1 Å². The molecule has 0 N–H and O–H groups in total. The number of benzene rings is 3. The fraction of sp³-hybridized carbons (Fsp3) is 0.295. The number of amides is 1. The Morgan fingerprint density at radius 3 is 2.28 bits per heavy atom. The van der Waals surface area contributed by atoms with E-state index in [0.29, 0.717) is 54.6 Å². The Morgan fingerprint density at radius 2 is 1.60 bits per heavy atom. The Balaban J connectivity index is 0.923. The van der Waals surface area contributed by atoms with Gasteiger partial charge in [0.2, 0.25) is 11.8 Å². The molecular weight excluding hydrogens is 684 g/mol. The maximum absolute atomic E-state index is 13.1. The van der Waals surface area contributed by atoms with E-state index in [0.717, 1.165) is 54.3 Å². The molecule has 53 heavy (non-hydrogen) atoms. The smallest absolute Gasteiger partial charge is 0.246 e. The minimum atomic E-state index is -0.00845. The quantitative estimate of drug-likeness (QED) is 0.106. The predicted octanol–water partition coefficient (Wildman–Crippen LogP) is 9.22. The van der Waals surface area contributed by atoms with Gasteiger partial charge in [-0.1, -0.05) is 67.9 Å². The lowest BCUT2D eigenvalue weighted by molar-refractivity contribution is -0.127. The lowest BCUT2D eigenvalue weighted by Gasteiger charge is -2.34. The molecule has 0 atom stereocenters. The summed E-state index contributed by atoms with van der Waals surface area (Å²) in [5.41, 5.74) is 7.30. The van der Waals surface area contributed by atoms with Crippen LogP contribution in [0.3, 0.4) is 0 Å². The number of pyridine rings is 2. The van der Waals surface area contributed by atoms with Gasteiger partial charge in [0.15, 0.2) is 5.75 Å². The SMILES string of the molecule is Cc1cccc(COc2ccc(Oc3c(C)cc(/C=C/C(=O)N4CCN(Cc5ccc(CCOc6ccc(C(C)C)cc6)cc5)CC4)cc3Cl)nc2)n1. The molecule has 1 saturated heterocycles. The van der Waals surface area contributed by atoms with Crippen molar-refractivity contribution in [3.05, 3.63) is 147 Å². The fourth-order valence-electron chi connectivity index (χ4n) is 6.14. The van der Waals surface area contributed by atoms with Crippen molar-refractivity contribution in [3.63, 3.8) is 0 Å². The average Bonchev–Trinajstić information content (AvgIpc) is 3.16. The van der Waals surface area contributed by atoms with Gasteiger partial charge in [-0.2, -0.15) is 0 Å². The van der Waals surface area contributed by atoms with Crippen LogP contribution in [0.4, 0.5) is 0 Å². The first kappa shape index (κ1) is 37.6. The molecule has 0 unspecified atom stereocenters. The van der Waals surface area contributed by atoms with Crippen LogP contribution in [0.1, 0.15) is 59.0 Å². The summed E-state index contributed by atoms with van der Waals surface area (Å²) in [4.78, 5) is 26.2. The first-order valence-corrected chi connectivity index (χ1v) is 18.6. The molecule has 0 saturated carbocycles. The van der Waals surface area contributed by atoms with Crippen LogP contribution < -0.4 is 14.2 Å². The largest absolute Gasteiger partial charge is 0.493 e. The minimum Gasteiger partial charge on any atom is -0.493 e. The molecule has 8 nitrogen and oxygen atoms in total. The standard InChI is InChI=1S/C44H47ClN4O4/c1-31(2)37-13-15-39(16-14-37)51-25-20-34-8-10-35(11-9-34)29-48-21-23-49(24-22-48)43(50)19-12-36-26-32(3)44(41(45)27-36)53-42-18-17-40(28-46-42)52-30-38-7-5-6-33(4)47-38/h5-19,26-28,31H,20-25,29-30H2,1-4H3/b19-12+. The zero-order chi connectivity index (χ0) is 37.2. The molecule has 6 rings (SSSR count). The molecule has 1 fully saturated rings. The first-order valence-electron chi connectivity index (χ1n) is 18.2. The summed E-state index contributed by atoms with van der Waals surface area (Å²) in [6, 6.07) is 30.3. The van der Waals surface area contributed by atoms with E-state index in [-0.39, 0.29) is 5.91 Å². The van der Waals surface area contributed by atoms with E-state index in [1.807, 2.05) is 43.0 Å². The second-order valence-corrected chi connectivity index (χ2v) is 14.1. The van der Waals surface area contributed by atoms with Crippen molar-refractivity contribution in [1.82, 2.24) is 19.8 Å². The summed E-state index contributed by atoms with van der Waals surface area (Å²) in [6.45, 7) is 13.1. The number of aryl methyl sites for hydroxylation is 2. The summed E-state index contributed by atoms with van der Waals surface area (Å²) in [5.74, 6) is 2.95. The second-order valence-electron chi connectivity index (χ2n) is 13.7. The lowest BCUT2D eigenvalue weighted by atomic mass is 10.0. The average molecular weight is 731 g/mol. The van der Waals surface area contributed by atoms with Crippen molar-refractivity contribution in [2.24, 2.45) is 0 Å². The van der Waals surface area contributed by atoms with Gasteiger partial charge in [0.05, 0.1) is 23.5 Å². The number of piperazine rings is 1. The number of carbonyl (C=O) groups is 1. The van der Waals surface area contributed by atoms with Crippen LogP contribution in [0, 0.1) is 13.8 Å². The first-order chi connectivity index (χ1) is 25.7. The molecule has 0 radical (unpaired) electrons. The number of hydrogen-bond acceptors (Lipinski definition) is 7. The van der Waals surface area contributed by atoms with E-state index in [1.165, 1.54) is 16.7 Å². The highest BCUT2D eigenvalue weighted by Gasteiger charge is 2.20. The van der Waals surface area contributed by atoms with Gasteiger partial charge in [-0.3, -0.25) is 14.7 Å². The summed E-state index contributed by atoms with van der Waals surface area (Å²) in [7, 11) is 0. The zero-order valence-corrected chi connectivity index (χ0v) is 31.7. The third kappa shape index (κ3) is 10.9. The molecule has 1 aliphatic rings. The van der Waals surface area contributed by atoms with Crippen LogP contribution in [0.15, 0.2) is 103 Å². The Morgan fingerprint density at radius 1 is 0.868 bits per heavy atom. The third-order valence-electron chi connectivity index (χ3n) is 9.24. The molecule has 1 amide bonds. The molecule has 274 valence electrons. The highest BCUT2D eigenvalue weighted by Crippen LogP contribution is 2.34. The number of ether oxygens (including phenoxy) is 3. The molecule has 1 aliphatic heterocycles. The maximum atomic E-state index is 13.1. The molecule has 3 aromatic carbocycles. The van der Waals surface area contributed by atoms with Crippen molar-refractivity contribution >= 4 is 23.6 Å². The number of aromatic nitrogens is 2. The van der Waals surface area contributed by atoms with Crippen LogP contribution in [0.2, 0.25) is 5.02 Å². The molecular formula is C44H47ClN4O4. The summed E-state index contributed by atoms with van der Waals surface area (Å²) >= 11 is 6.63. The Kier molecular flexibility index (Phi) is 12.8. The topological polar surface area (TPSA) is 77.0 Å². The van der Waals surface area contributed by atoms with Crippen molar-refractivity contribution in [1.29, 1.82) is 0 Å². The highest BCUT2D eigenvalue weighted by molar-refractivity contribution is 6.32. The van der Waals surface area contributed by atoms with Crippen molar-refractivity contribution in [3.8, 4) is 23.1 Å². The maximum Gasteiger partial charge on any atom is 0.246 e. The number of nitrogens with zero attached hydrogens (tertiary/aromatic N) is 4. The summed E-state index contributed by atoms with van der Waals surface area (Å²) < 4.78 is 17.8. The van der Waals surface area contributed by atoms with Crippen LogP contribution in [-0.2, 0) is 24.4 Å². The molecule has 3 heterocycles. The number of carbonyl (C=O) groups excluding carboxylic acids is 1. The number of halogens is 1. The highest BCUT2D eigenvalue weighted by atomic mass is 35.5. The van der Waals surface area contributed by atoms with Gasteiger partial charge in [0, 0.05) is 57.0 Å². The van der Waals surface area contributed by atoms with E-state index in [9.17, 15) is 4.79 Å². The third-order valence-corrected chi connectivity index (χ3v) is 9.52. The Hall–Kier alpha value is -5.18. The minimum absolute atomic E-state index is 0.00845. The van der Waals surface area contributed by atoms with Crippen LogP contribution >= 0.6 is 11.6 Å². The summed E-state index contributed by atoms with van der Waals surface area (Å²) in [5, 5.41) is 0.437. The van der Waals surface area contributed by atoms with E-state index in [2.05, 4.69) is 77.2 Å². The van der Waals surface area contributed by atoms with Gasteiger partial charge in [0.1, 0.15) is 18.1 Å². The van der Waals surface area contributed by atoms with Crippen molar-refractivity contribution < 1.29 is 19.0 Å². The summed E-state index contributed by atoms with van der Waals surface area (Å²) in [6.07, 6.45) is 5.90. The van der Waals surface area contributed by atoms with Crippen LogP contribution in [0.5, 0.6) is 23.1 Å². The Bertz CT molecular complexity index is 1970. The van der Waals surface area contributed by atoms with Gasteiger partial charge in [-0.25, -0.2) is 4.98 Å². The molecule has 0 spiro atoms. The predicted molar refractivity (Wildman–Crippen MR) is 211 cm³/mol. The van der Waals surface area contributed by atoms with E-state index >= 15 is 0 Å². The number of hydrogen-bond donors (Lipinski definition) is 0. The lowest BCUT2D eigenvalue weighted by Crippen LogP contribution is -2.47. The van der Waals surface area contributed by atoms with E-state index in [4.69, 9.17) is 25.8 Å². The van der Waals surface area contributed by atoms with Crippen molar-refractivity contribution in [2.45, 2.75) is 53.2 Å². The zero-order valence-electron chi connectivity index (χ0n) is 30.9. The van der Waals surface area contributed by atoms with Crippen molar-refractivity contribution in [2.75, 3.05) is 32.8 Å². The van der Waals surface area contributed by atoms with Gasteiger partial charge >= 0.3 is 0 Å². The van der Waals surface area contributed by atoms with E-state index in [1.54, 1.807) is 36.5 Å². The van der Waals surface area contributed by atoms with E-state index < -0.39 is 0 Å². The van der Waals surface area contributed by atoms with Crippen LogP contribution in [0.25, 0.3) is 6.08 Å². The van der Waals surface area contributed by atoms with Gasteiger partial charge < -0.3 is 19.1 Å². The molecule has 2 aromatic heterocycles. The normalized spacial score (nSPS) is 13.4. The monoisotopic (exact) mass is 730 g/mol. The van der Waals surface area contributed by atoms with Gasteiger partial charge in [-0.15, -0.1) is 0 Å². The van der Waals surface area contributed by atoms with Crippen LogP contribution in [-0.4, -0.2) is 58.5 Å². The molecule has 9 heteroatoms. The number of rotatable bonds is 14. The second kappa shape index (κ2) is 18.0. The van der Waals surface area contributed by atoms with Gasteiger partial charge in [0.25, 0.3) is 0 Å². The Labute approximate surface area is 318 Å².